The first kappa shape index (κ1) is 6.20. The lowest BCUT2D eigenvalue weighted by molar-refractivity contribution is -0.980. The Labute approximate surface area is 41.2 Å². The highest BCUT2D eigenvalue weighted by Gasteiger charge is 2.06. The van der Waals surface area contributed by atoms with E-state index >= 15 is 0 Å². The van der Waals surface area contributed by atoms with Gasteiger partial charge in [0.1, 0.15) is 4.91 Å². The average molecular weight is 106 g/mol. The van der Waals surface area contributed by atoms with Gasteiger partial charge in [-0.15, -0.1) is 0 Å². The molecule has 0 unspecified atom stereocenters. The molecule has 4 nitrogen and oxygen atoms in total. The fourth-order valence-electron chi connectivity index (χ4n) is 0.180. The van der Waals surface area contributed by atoms with Gasteiger partial charge in [-0.2, -0.15) is 4.84 Å². The molecule has 0 aromatic carbocycles. The van der Waals surface area contributed by atoms with Crippen LogP contribution in [0.5, 0.6) is 0 Å². The zero-order valence-corrected chi connectivity index (χ0v) is 4.29. The Morgan fingerprint density at radius 2 is 2.14 bits per heavy atom. The fraction of sp³-hybridized carbons (Fsp3) is 1.00. The minimum atomic E-state index is -0.551. The third-order valence-corrected chi connectivity index (χ3v) is 0.301. The maximum atomic E-state index is 9.50. The van der Waals surface area contributed by atoms with Crippen LogP contribution < -0.4 is 0 Å². The molecule has 0 heterocycles. The molecule has 42 valence electrons. The molecule has 0 radical (unpaired) electrons. The standard InChI is InChI=1S/C3H8NO3/c1-3(2)7-4(5)6/h3H,1-2H3,(H,5,6)/q+1. The van der Waals surface area contributed by atoms with E-state index in [1.54, 1.807) is 13.8 Å². The Bertz CT molecular complexity index is 70.6. The van der Waals surface area contributed by atoms with Gasteiger partial charge in [-0.05, 0) is 13.8 Å². The number of nitrogens with zero attached hydrogens (tertiary/aromatic N) is 1. The van der Waals surface area contributed by atoms with Crippen LogP contribution >= 0.6 is 0 Å². The van der Waals surface area contributed by atoms with Crippen LogP contribution in [0.15, 0.2) is 0 Å². The van der Waals surface area contributed by atoms with Crippen molar-refractivity contribution in [2.75, 3.05) is 0 Å². The first-order valence-electron chi connectivity index (χ1n) is 1.96. The number of rotatable bonds is 2. The molecular formula is C3H8NO3+. The second-order valence-corrected chi connectivity index (χ2v) is 1.39. The Morgan fingerprint density at radius 1 is 1.71 bits per heavy atom. The molecule has 0 fully saturated rings. The quantitative estimate of drug-likeness (QED) is 0.521. The summed E-state index contributed by atoms with van der Waals surface area (Å²) in [5, 5.41) is 7.23. The van der Waals surface area contributed by atoms with Crippen LogP contribution in [0.3, 0.4) is 0 Å². The summed E-state index contributed by atoms with van der Waals surface area (Å²) in [7, 11) is 0. The first-order chi connectivity index (χ1) is 3.13. The van der Waals surface area contributed by atoms with Gasteiger partial charge in [0, 0.05) is 0 Å². The predicted octanol–water partition coefficient (Wildman–Crippen LogP) is 0.494. The maximum absolute atomic E-state index is 9.50. The highest BCUT2D eigenvalue weighted by molar-refractivity contribution is 4.24. The van der Waals surface area contributed by atoms with Gasteiger partial charge in [-0.25, -0.2) is 5.21 Å². The van der Waals surface area contributed by atoms with Crippen molar-refractivity contribution < 1.29 is 15.1 Å². The first-order valence-corrected chi connectivity index (χ1v) is 1.96. The maximum Gasteiger partial charge on any atom is 0.475 e. The van der Waals surface area contributed by atoms with Gasteiger partial charge in [0.05, 0.1) is 0 Å². The normalized spacial score (nSPS) is 9.00. The fourth-order valence-corrected chi connectivity index (χ4v) is 0.180. The summed E-state index contributed by atoms with van der Waals surface area (Å²) in [5.74, 6) is 0. The van der Waals surface area contributed by atoms with Crippen molar-refractivity contribution in [2.24, 2.45) is 0 Å². The van der Waals surface area contributed by atoms with Crippen molar-refractivity contribution in [3.63, 3.8) is 0 Å². The van der Waals surface area contributed by atoms with Crippen molar-refractivity contribution in [1.82, 2.24) is 0 Å². The van der Waals surface area contributed by atoms with E-state index in [1.807, 2.05) is 0 Å². The lowest BCUT2D eigenvalue weighted by Gasteiger charge is -1.87. The van der Waals surface area contributed by atoms with Crippen LogP contribution in [-0.2, 0) is 4.84 Å². The van der Waals surface area contributed by atoms with E-state index in [0.29, 0.717) is 0 Å². The van der Waals surface area contributed by atoms with Gasteiger partial charge < -0.3 is 0 Å². The third kappa shape index (κ3) is 5.20. The van der Waals surface area contributed by atoms with Crippen LogP contribution in [0.25, 0.3) is 0 Å². The molecule has 4 heteroatoms. The van der Waals surface area contributed by atoms with Gasteiger partial charge >= 0.3 is 5.09 Å². The monoisotopic (exact) mass is 106 g/mol. The Morgan fingerprint density at radius 3 is 2.14 bits per heavy atom. The Hall–Kier alpha value is -0.800. The summed E-state index contributed by atoms with van der Waals surface area (Å²) in [6.45, 7) is 3.28. The SMILES string of the molecule is CC(C)O[N+](=O)O. The highest BCUT2D eigenvalue weighted by atomic mass is 17.0. The summed E-state index contributed by atoms with van der Waals surface area (Å²) in [5.41, 5.74) is 0. The minimum absolute atomic E-state index is 0.262. The molecule has 0 aliphatic carbocycles. The molecule has 1 N–H and O–H groups in total. The molecule has 0 aromatic heterocycles. The van der Waals surface area contributed by atoms with E-state index in [9.17, 15) is 4.91 Å². The van der Waals surface area contributed by atoms with Crippen LogP contribution in [-0.4, -0.2) is 16.4 Å². The number of hydrogen-bond donors (Lipinski definition) is 1. The summed E-state index contributed by atoms with van der Waals surface area (Å²) in [6.07, 6.45) is -0.262. The summed E-state index contributed by atoms with van der Waals surface area (Å²) < 4.78 is 0. The summed E-state index contributed by atoms with van der Waals surface area (Å²) in [4.78, 5) is 13.6. The lowest BCUT2D eigenvalue weighted by Crippen LogP contribution is -2.10. The van der Waals surface area contributed by atoms with Crippen molar-refractivity contribution >= 4 is 0 Å². The topological polar surface area (TPSA) is 49.5 Å². The van der Waals surface area contributed by atoms with Crippen LogP contribution in [0.2, 0.25) is 0 Å². The molecular weight excluding hydrogens is 98.0 g/mol. The van der Waals surface area contributed by atoms with E-state index in [2.05, 4.69) is 4.84 Å². The minimum Gasteiger partial charge on any atom is -0.200 e. The van der Waals surface area contributed by atoms with E-state index < -0.39 is 5.09 Å². The molecule has 0 aliphatic heterocycles. The van der Waals surface area contributed by atoms with Gasteiger partial charge in [0.25, 0.3) is 0 Å². The van der Waals surface area contributed by atoms with Crippen molar-refractivity contribution in [3.8, 4) is 0 Å². The van der Waals surface area contributed by atoms with Gasteiger partial charge in [0.2, 0.25) is 0 Å². The molecule has 0 amide bonds. The molecule has 7 heavy (non-hydrogen) atoms. The molecule has 0 spiro atoms. The van der Waals surface area contributed by atoms with E-state index in [0.717, 1.165) is 0 Å². The van der Waals surface area contributed by atoms with Crippen molar-refractivity contribution in [1.29, 1.82) is 0 Å². The van der Waals surface area contributed by atoms with Crippen molar-refractivity contribution in [3.05, 3.63) is 4.91 Å². The average Bonchev–Trinajstić information content (AvgIpc) is 1.27. The molecule has 0 bridgehead atoms. The van der Waals surface area contributed by atoms with E-state index in [4.69, 9.17) is 5.21 Å². The summed E-state index contributed by atoms with van der Waals surface area (Å²) in [6, 6.07) is 0. The molecule has 0 saturated carbocycles. The smallest absolute Gasteiger partial charge is 0.200 e. The molecule has 0 aliphatic rings. The number of hydrogen-bond acceptors (Lipinski definition) is 2. The van der Waals surface area contributed by atoms with E-state index in [1.165, 1.54) is 0 Å². The van der Waals surface area contributed by atoms with Crippen molar-refractivity contribution in [2.45, 2.75) is 20.0 Å². The Balaban J connectivity index is 3.13. The highest BCUT2D eigenvalue weighted by Crippen LogP contribution is 1.83. The second kappa shape index (κ2) is 2.39. The molecule has 0 aromatic rings. The third-order valence-electron chi connectivity index (χ3n) is 0.301. The van der Waals surface area contributed by atoms with Crippen LogP contribution in [0.4, 0.5) is 0 Å². The molecule has 0 saturated heterocycles. The van der Waals surface area contributed by atoms with Gasteiger partial charge in [-0.3, -0.25) is 0 Å². The predicted molar refractivity (Wildman–Crippen MR) is 21.6 cm³/mol. The lowest BCUT2D eigenvalue weighted by atomic mass is 10.5. The zero-order chi connectivity index (χ0) is 5.86. The van der Waals surface area contributed by atoms with Gasteiger partial charge in [-0.1, -0.05) is 0 Å². The van der Waals surface area contributed by atoms with Crippen LogP contribution in [0, 0.1) is 4.91 Å². The molecule has 0 rings (SSSR count). The largest absolute Gasteiger partial charge is 0.475 e. The molecule has 0 atom stereocenters. The Kier molecular flexibility index (Phi) is 2.11. The second-order valence-electron chi connectivity index (χ2n) is 1.39. The van der Waals surface area contributed by atoms with Crippen LogP contribution in [0.1, 0.15) is 13.8 Å². The van der Waals surface area contributed by atoms with Gasteiger partial charge in [0.15, 0.2) is 6.10 Å². The van der Waals surface area contributed by atoms with E-state index in [-0.39, 0.29) is 6.10 Å². The summed E-state index contributed by atoms with van der Waals surface area (Å²) >= 11 is 0. The zero-order valence-electron chi connectivity index (χ0n) is 4.29.